The first-order chi connectivity index (χ1) is 9.69. The molecule has 0 aliphatic heterocycles. The number of carbonyl (C=O) groups excluding carboxylic acids is 1. The minimum Gasteiger partial charge on any atom is -0.484 e. The number of nitrogens with one attached hydrogen (secondary N) is 1. The van der Waals surface area contributed by atoms with Crippen LogP contribution in [0.25, 0.3) is 0 Å². The quantitative estimate of drug-likeness (QED) is 0.836. The van der Waals surface area contributed by atoms with Gasteiger partial charge in [-0.1, -0.05) is 26.0 Å². The maximum atomic E-state index is 12.0. The molecule has 0 saturated heterocycles. The van der Waals surface area contributed by atoms with Crippen molar-refractivity contribution < 1.29 is 22.7 Å². The Balaban J connectivity index is 0.00000441. The number of amides is 1. The molecule has 0 spiro atoms. The molecular formula is C14H20ClF3N2O2. The monoisotopic (exact) mass is 340 g/mol. The first-order valence-electron chi connectivity index (χ1n) is 6.51. The van der Waals surface area contributed by atoms with Gasteiger partial charge in [0.05, 0.1) is 6.04 Å². The Morgan fingerprint density at radius 3 is 2.27 bits per heavy atom. The molecule has 8 heteroatoms. The van der Waals surface area contributed by atoms with Crippen molar-refractivity contribution in [3.8, 4) is 5.75 Å². The van der Waals surface area contributed by atoms with Crippen molar-refractivity contribution in [2.75, 3.05) is 6.61 Å². The van der Waals surface area contributed by atoms with Crippen LogP contribution in [0.2, 0.25) is 0 Å². The number of alkyl halides is 3. The second-order valence-corrected chi connectivity index (χ2v) is 5.04. The molecule has 1 aromatic rings. The molecule has 0 heterocycles. The standard InChI is InChI=1S/C14H19F3N2O2.ClH/c1-9(2)12(18)13(20)19-7-10-3-5-11(6-4-10)21-8-14(15,16)17;/h3-6,9,12H,7-8,18H2,1-2H3,(H,19,20);1H/t12-;/m1./s1. The van der Waals surface area contributed by atoms with Crippen LogP contribution in [0.3, 0.4) is 0 Å². The highest BCUT2D eigenvalue weighted by molar-refractivity contribution is 5.85. The van der Waals surface area contributed by atoms with Crippen LogP contribution in [0, 0.1) is 5.92 Å². The zero-order valence-corrected chi connectivity index (χ0v) is 13.1. The van der Waals surface area contributed by atoms with E-state index in [4.69, 9.17) is 5.73 Å². The summed E-state index contributed by atoms with van der Waals surface area (Å²) in [5, 5.41) is 2.67. The molecule has 0 fully saturated rings. The summed E-state index contributed by atoms with van der Waals surface area (Å²) in [6.45, 7) is 2.62. The highest BCUT2D eigenvalue weighted by Crippen LogP contribution is 2.18. The topological polar surface area (TPSA) is 64.4 Å². The van der Waals surface area contributed by atoms with Crippen molar-refractivity contribution in [3.63, 3.8) is 0 Å². The third kappa shape index (κ3) is 7.51. The van der Waals surface area contributed by atoms with Crippen LogP contribution in [0.4, 0.5) is 13.2 Å². The Morgan fingerprint density at radius 2 is 1.82 bits per heavy atom. The summed E-state index contributed by atoms with van der Waals surface area (Å²) in [4.78, 5) is 11.7. The molecule has 1 atom stereocenters. The van der Waals surface area contributed by atoms with Gasteiger partial charge in [-0.15, -0.1) is 12.4 Å². The van der Waals surface area contributed by atoms with E-state index in [1.165, 1.54) is 12.1 Å². The van der Waals surface area contributed by atoms with Crippen molar-refractivity contribution in [1.82, 2.24) is 5.32 Å². The van der Waals surface area contributed by atoms with Gasteiger partial charge in [-0.05, 0) is 23.6 Å². The van der Waals surface area contributed by atoms with E-state index in [0.29, 0.717) is 0 Å². The fourth-order valence-corrected chi connectivity index (χ4v) is 1.48. The minimum absolute atomic E-state index is 0. The Hall–Kier alpha value is -1.47. The van der Waals surface area contributed by atoms with E-state index in [9.17, 15) is 18.0 Å². The van der Waals surface area contributed by atoms with Crippen LogP contribution < -0.4 is 15.8 Å². The molecule has 1 rings (SSSR count). The maximum Gasteiger partial charge on any atom is 0.422 e. The lowest BCUT2D eigenvalue weighted by atomic mass is 10.0. The van der Waals surface area contributed by atoms with Crippen LogP contribution >= 0.6 is 12.4 Å². The number of carbonyl (C=O) groups is 1. The summed E-state index contributed by atoms with van der Waals surface area (Å²) in [7, 11) is 0. The SMILES string of the molecule is CC(C)[C@@H](N)C(=O)NCc1ccc(OCC(F)(F)F)cc1.Cl. The van der Waals surface area contributed by atoms with Gasteiger partial charge in [0.2, 0.25) is 5.91 Å². The number of nitrogens with two attached hydrogens (primary N) is 1. The number of hydrogen-bond acceptors (Lipinski definition) is 3. The van der Waals surface area contributed by atoms with Crippen molar-refractivity contribution in [2.45, 2.75) is 32.6 Å². The molecule has 0 radical (unpaired) electrons. The van der Waals surface area contributed by atoms with E-state index in [0.717, 1.165) is 5.56 Å². The third-order valence-corrected chi connectivity index (χ3v) is 2.81. The summed E-state index contributed by atoms with van der Waals surface area (Å²) >= 11 is 0. The van der Waals surface area contributed by atoms with Gasteiger partial charge in [-0.2, -0.15) is 13.2 Å². The fourth-order valence-electron chi connectivity index (χ4n) is 1.48. The molecule has 0 aliphatic carbocycles. The van der Waals surface area contributed by atoms with Gasteiger partial charge in [0.25, 0.3) is 0 Å². The number of halogens is 4. The second-order valence-electron chi connectivity index (χ2n) is 5.04. The number of hydrogen-bond donors (Lipinski definition) is 2. The van der Waals surface area contributed by atoms with Crippen molar-refractivity contribution in [3.05, 3.63) is 29.8 Å². The molecule has 3 N–H and O–H groups in total. The number of rotatable bonds is 6. The first kappa shape index (κ1) is 20.5. The zero-order valence-electron chi connectivity index (χ0n) is 12.3. The molecule has 0 saturated carbocycles. The van der Waals surface area contributed by atoms with E-state index in [2.05, 4.69) is 10.1 Å². The highest BCUT2D eigenvalue weighted by Gasteiger charge is 2.28. The minimum atomic E-state index is -4.36. The smallest absolute Gasteiger partial charge is 0.422 e. The number of ether oxygens (including phenoxy) is 1. The lowest BCUT2D eigenvalue weighted by Gasteiger charge is -2.15. The summed E-state index contributed by atoms with van der Waals surface area (Å²) in [6, 6.07) is 5.45. The van der Waals surface area contributed by atoms with Gasteiger partial charge in [0, 0.05) is 6.54 Å². The second kappa shape index (κ2) is 8.85. The van der Waals surface area contributed by atoms with Gasteiger partial charge in [-0.3, -0.25) is 4.79 Å². The molecule has 1 aromatic carbocycles. The van der Waals surface area contributed by atoms with E-state index >= 15 is 0 Å². The van der Waals surface area contributed by atoms with Crippen LogP contribution in [-0.4, -0.2) is 24.7 Å². The molecule has 1 amide bonds. The van der Waals surface area contributed by atoms with E-state index in [1.54, 1.807) is 12.1 Å². The predicted octanol–water partition coefficient (Wildman–Crippen LogP) is 2.65. The van der Waals surface area contributed by atoms with Gasteiger partial charge in [0.1, 0.15) is 5.75 Å². The summed E-state index contributed by atoms with van der Waals surface area (Å²) in [5.41, 5.74) is 6.44. The van der Waals surface area contributed by atoms with Crippen LogP contribution in [0.5, 0.6) is 5.75 Å². The average Bonchev–Trinajstić information content (AvgIpc) is 2.41. The molecule has 0 aromatic heterocycles. The Kier molecular flexibility index (Phi) is 8.26. The predicted molar refractivity (Wildman–Crippen MR) is 79.9 cm³/mol. The van der Waals surface area contributed by atoms with Gasteiger partial charge < -0.3 is 15.8 Å². The molecule has 0 aliphatic rings. The lowest BCUT2D eigenvalue weighted by molar-refractivity contribution is -0.153. The van der Waals surface area contributed by atoms with E-state index in [1.807, 2.05) is 13.8 Å². The zero-order chi connectivity index (χ0) is 16.0. The summed E-state index contributed by atoms with van der Waals surface area (Å²) in [6.07, 6.45) is -4.36. The lowest BCUT2D eigenvalue weighted by Crippen LogP contribution is -2.43. The normalized spacial score (nSPS) is 12.5. The van der Waals surface area contributed by atoms with Crippen molar-refractivity contribution >= 4 is 18.3 Å². The Bertz CT molecular complexity index is 464. The number of benzene rings is 1. The van der Waals surface area contributed by atoms with Gasteiger partial charge >= 0.3 is 6.18 Å². The van der Waals surface area contributed by atoms with Crippen molar-refractivity contribution in [1.29, 1.82) is 0 Å². The van der Waals surface area contributed by atoms with Gasteiger partial charge in [-0.25, -0.2) is 0 Å². The maximum absolute atomic E-state index is 12.0. The average molecular weight is 341 g/mol. The summed E-state index contributed by atoms with van der Waals surface area (Å²) < 4.78 is 40.5. The van der Waals surface area contributed by atoms with Crippen LogP contribution in [0.1, 0.15) is 19.4 Å². The molecule has 4 nitrogen and oxygen atoms in total. The first-order valence-corrected chi connectivity index (χ1v) is 6.51. The Labute approximate surface area is 133 Å². The molecule has 22 heavy (non-hydrogen) atoms. The summed E-state index contributed by atoms with van der Waals surface area (Å²) in [5.74, 6) is -0.105. The van der Waals surface area contributed by atoms with Gasteiger partial charge in [0.15, 0.2) is 6.61 Å². The Morgan fingerprint density at radius 1 is 1.27 bits per heavy atom. The highest BCUT2D eigenvalue weighted by atomic mass is 35.5. The van der Waals surface area contributed by atoms with Crippen LogP contribution in [0.15, 0.2) is 24.3 Å². The molecule has 0 unspecified atom stereocenters. The van der Waals surface area contributed by atoms with E-state index in [-0.39, 0.29) is 36.5 Å². The van der Waals surface area contributed by atoms with E-state index < -0.39 is 18.8 Å². The molecule has 126 valence electrons. The third-order valence-electron chi connectivity index (χ3n) is 2.81. The molecular weight excluding hydrogens is 321 g/mol. The molecule has 0 bridgehead atoms. The van der Waals surface area contributed by atoms with Crippen molar-refractivity contribution in [2.24, 2.45) is 11.7 Å². The fraction of sp³-hybridized carbons (Fsp3) is 0.500. The van der Waals surface area contributed by atoms with Crippen LogP contribution in [-0.2, 0) is 11.3 Å². The largest absolute Gasteiger partial charge is 0.484 e.